The van der Waals surface area contributed by atoms with E-state index in [4.69, 9.17) is 0 Å². The maximum Gasteiger partial charge on any atom is 0.255 e. The van der Waals surface area contributed by atoms with Gasteiger partial charge < -0.3 is 10.6 Å². The Balaban J connectivity index is 1.89. The van der Waals surface area contributed by atoms with Crippen LogP contribution in [0.1, 0.15) is 28.9 Å². The van der Waals surface area contributed by atoms with Gasteiger partial charge >= 0.3 is 0 Å². The lowest BCUT2D eigenvalue weighted by Crippen LogP contribution is -2.50. The van der Waals surface area contributed by atoms with Crippen molar-refractivity contribution in [3.63, 3.8) is 0 Å². The van der Waals surface area contributed by atoms with Crippen molar-refractivity contribution >= 4 is 28.5 Å². The summed E-state index contributed by atoms with van der Waals surface area (Å²) in [6.45, 7) is 2.08. The van der Waals surface area contributed by atoms with E-state index in [9.17, 15) is 4.79 Å². The van der Waals surface area contributed by atoms with Crippen LogP contribution >= 0.6 is 11.8 Å². The predicted molar refractivity (Wildman–Crippen MR) is 97.7 cm³/mol. The molecule has 2 N–H and O–H groups in total. The first-order chi connectivity index (χ1) is 11.7. The Morgan fingerprint density at radius 3 is 2.54 bits per heavy atom. The number of hydrogen-bond acceptors (Lipinski definition) is 5. The highest BCUT2D eigenvalue weighted by atomic mass is 32.2. The van der Waals surface area contributed by atoms with Crippen molar-refractivity contribution in [3.05, 3.63) is 65.2 Å². The van der Waals surface area contributed by atoms with E-state index in [1.54, 1.807) is 0 Å². The van der Waals surface area contributed by atoms with E-state index in [-0.39, 0.29) is 12.1 Å². The van der Waals surface area contributed by atoms with Gasteiger partial charge in [-0.25, -0.2) is 0 Å². The molecule has 1 amide bonds. The minimum atomic E-state index is -0.428. The van der Waals surface area contributed by atoms with Crippen molar-refractivity contribution in [1.29, 1.82) is 0 Å². The third-order valence-corrected chi connectivity index (χ3v) is 5.01. The molecule has 0 radical (unpaired) electrons. The van der Waals surface area contributed by atoms with Crippen molar-refractivity contribution in [1.82, 2.24) is 10.3 Å². The van der Waals surface area contributed by atoms with Gasteiger partial charge in [0.15, 0.2) is 11.2 Å². The highest BCUT2D eigenvalue weighted by Crippen LogP contribution is 2.42. The summed E-state index contributed by atoms with van der Waals surface area (Å²) in [4.78, 5) is 12.7. The van der Waals surface area contributed by atoms with Gasteiger partial charge in [-0.3, -0.25) is 9.80 Å². The fraction of sp³-hybridized carbons (Fsp3) is 0.222. The zero-order chi connectivity index (χ0) is 16.7. The van der Waals surface area contributed by atoms with Gasteiger partial charge in [-0.2, -0.15) is 0 Å². The van der Waals surface area contributed by atoms with E-state index >= 15 is 0 Å². The topological polar surface area (TPSA) is 56.7 Å². The minimum absolute atomic E-state index is 0.0399. The van der Waals surface area contributed by atoms with Crippen molar-refractivity contribution in [2.75, 3.05) is 11.6 Å². The molecule has 0 fully saturated rings. The molecule has 4 rings (SSSR count). The van der Waals surface area contributed by atoms with Crippen LogP contribution in [0.25, 0.3) is 0 Å². The molecule has 0 unspecified atom stereocenters. The van der Waals surface area contributed by atoms with E-state index < -0.39 is 6.04 Å². The van der Waals surface area contributed by atoms with Crippen LogP contribution in [-0.2, 0) is 4.79 Å². The summed E-state index contributed by atoms with van der Waals surface area (Å²) in [6, 6.07) is 15.7. The van der Waals surface area contributed by atoms with E-state index in [1.807, 2.05) is 47.7 Å². The number of rotatable bonds is 1. The molecule has 0 aromatic heterocycles. The number of aryl methyl sites for hydroxylation is 1. The first-order valence-corrected chi connectivity index (χ1v) is 9.04. The number of anilines is 1. The molecule has 0 saturated carbocycles. The van der Waals surface area contributed by atoms with Crippen LogP contribution in [-0.4, -0.2) is 22.3 Å². The fourth-order valence-corrected chi connectivity index (χ4v) is 3.64. The normalized spacial score (nSPS) is 22.0. The Hall–Kier alpha value is -2.47. The number of nitrogens with zero attached hydrogens (tertiary/aromatic N) is 2. The maximum atomic E-state index is 12.7. The third kappa shape index (κ3) is 2.34. The van der Waals surface area contributed by atoms with Crippen LogP contribution in [0.5, 0.6) is 0 Å². The number of carbonyl (C=O) groups is 1. The number of hydrazone groups is 1. The lowest BCUT2D eigenvalue weighted by Gasteiger charge is -2.44. The molecule has 2 aliphatic rings. The van der Waals surface area contributed by atoms with Gasteiger partial charge in [0.05, 0.1) is 0 Å². The number of amidine groups is 1. The number of fused-ring (bicyclic) bond motifs is 3. The molecular formula is C18H18N4OS. The van der Waals surface area contributed by atoms with Crippen LogP contribution < -0.4 is 10.6 Å². The van der Waals surface area contributed by atoms with E-state index in [0.29, 0.717) is 5.17 Å². The van der Waals surface area contributed by atoms with Gasteiger partial charge in [-0.05, 0) is 30.4 Å². The van der Waals surface area contributed by atoms with E-state index in [2.05, 4.69) is 34.8 Å². The second-order valence-electron chi connectivity index (χ2n) is 5.87. The molecule has 0 aliphatic carbocycles. The summed E-state index contributed by atoms with van der Waals surface area (Å²) >= 11 is 1.44. The van der Waals surface area contributed by atoms with Crippen LogP contribution in [0.3, 0.4) is 0 Å². The Morgan fingerprint density at radius 1 is 1.08 bits per heavy atom. The van der Waals surface area contributed by atoms with Crippen molar-refractivity contribution in [3.8, 4) is 0 Å². The summed E-state index contributed by atoms with van der Waals surface area (Å²) in [5, 5.41) is 13.6. The molecule has 2 heterocycles. The summed E-state index contributed by atoms with van der Waals surface area (Å²) < 4.78 is 0. The van der Waals surface area contributed by atoms with Crippen molar-refractivity contribution in [2.24, 2.45) is 5.10 Å². The minimum Gasteiger partial charge on any atom is -0.360 e. The lowest BCUT2D eigenvalue weighted by molar-refractivity contribution is -0.127. The number of thioether (sulfide) groups is 1. The average Bonchev–Trinajstić information content (AvgIpc) is 2.61. The zero-order valence-corrected chi connectivity index (χ0v) is 14.3. The quantitative estimate of drug-likeness (QED) is 0.838. The summed E-state index contributed by atoms with van der Waals surface area (Å²) in [5.74, 6) is -0.0399. The molecule has 122 valence electrons. The molecule has 2 atom stereocenters. The Labute approximate surface area is 145 Å². The standard InChI is InChI=1S/C18H18N4OS/c1-11-7-3-4-8-12(11)16-19-14-10-6-5-9-13(14)15-17(23)20-18(24-2)21-22(15)16/h3-10,15-16,19H,1-2H3,(H,20,21,23)/t15-,16-/m1/s1. The second kappa shape index (κ2) is 5.87. The van der Waals surface area contributed by atoms with E-state index in [0.717, 1.165) is 16.8 Å². The monoisotopic (exact) mass is 338 g/mol. The first-order valence-electron chi connectivity index (χ1n) is 7.82. The zero-order valence-electron chi connectivity index (χ0n) is 13.5. The Bertz CT molecular complexity index is 835. The van der Waals surface area contributed by atoms with Gasteiger partial charge in [0.2, 0.25) is 0 Å². The van der Waals surface area contributed by atoms with Crippen molar-refractivity contribution in [2.45, 2.75) is 19.1 Å². The number of carbonyl (C=O) groups excluding carboxylic acids is 1. The summed E-state index contributed by atoms with van der Waals surface area (Å²) in [6.07, 6.45) is 1.73. The van der Waals surface area contributed by atoms with Crippen LogP contribution in [0, 0.1) is 6.92 Å². The maximum absolute atomic E-state index is 12.7. The predicted octanol–water partition coefficient (Wildman–Crippen LogP) is 3.23. The average molecular weight is 338 g/mol. The summed E-state index contributed by atoms with van der Waals surface area (Å²) in [7, 11) is 0. The van der Waals surface area contributed by atoms with Gasteiger partial charge in [0, 0.05) is 11.3 Å². The van der Waals surface area contributed by atoms with Crippen molar-refractivity contribution < 1.29 is 4.79 Å². The molecule has 0 saturated heterocycles. The van der Waals surface area contributed by atoms with Crippen LogP contribution in [0.15, 0.2) is 53.6 Å². The Kier molecular flexibility index (Phi) is 3.69. The van der Waals surface area contributed by atoms with Gasteiger partial charge in [0.1, 0.15) is 6.17 Å². The molecule has 6 heteroatoms. The second-order valence-corrected chi connectivity index (χ2v) is 6.67. The number of hydrogen-bond donors (Lipinski definition) is 2. The van der Waals surface area contributed by atoms with Crippen LogP contribution in [0.2, 0.25) is 0 Å². The Morgan fingerprint density at radius 2 is 1.79 bits per heavy atom. The highest BCUT2D eigenvalue weighted by Gasteiger charge is 2.42. The molecule has 24 heavy (non-hydrogen) atoms. The molecule has 0 bridgehead atoms. The fourth-order valence-electron chi connectivity index (χ4n) is 3.26. The van der Waals surface area contributed by atoms with Crippen LogP contribution in [0.4, 0.5) is 5.69 Å². The first kappa shape index (κ1) is 15.1. The third-order valence-electron chi connectivity index (χ3n) is 4.44. The SMILES string of the molecule is CSC1=NN2[C@H](c3ccccc3C)Nc3ccccc3[C@@H]2C(=O)N1. The number of benzene rings is 2. The lowest BCUT2D eigenvalue weighted by atomic mass is 9.96. The summed E-state index contributed by atoms with van der Waals surface area (Å²) in [5.41, 5.74) is 4.21. The highest BCUT2D eigenvalue weighted by molar-refractivity contribution is 8.13. The molecule has 2 aromatic rings. The number of amides is 1. The number of para-hydroxylation sites is 1. The van der Waals surface area contributed by atoms with Gasteiger partial charge in [-0.1, -0.05) is 54.2 Å². The van der Waals surface area contributed by atoms with Gasteiger partial charge in [0.25, 0.3) is 5.91 Å². The van der Waals surface area contributed by atoms with Gasteiger partial charge in [-0.15, -0.1) is 5.10 Å². The molecular weight excluding hydrogens is 320 g/mol. The molecule has 5 nitrogen and oxygen atoms in total. The smallest absolute Gasteiger partial charge is 0.255 e. The molecule has 0 spiro atoms. The van der Waals surface area contributed by atoms with E-state index in [1.165, 1.54) is 17.3 Å². The molecule has 2 aromatic carbocycles. The largest absolute Gasteiger partial charge is 0.360 e. The number of nitrogens with one attached hydrogen (secondary N) is 2. The molecule has 2 aliphatic heterocycles.